The van der Waals surface area contributed by atoms with E-state index in [4.69, 9.17) is 4.18 Å². The van der Waals surface area contributed by atoms with E-state index in [1.807, 2.05) is 17.0 Å². The first kappa shape index (κ1) is 19.8. The molecule has 0 aliphatic heterocycles. The normalized spacial score (nSPS) is 16.4. The summed E-state index contributed by atoms with van der Waals surface area (Å²) in [5.41, 5.74) is 0.974. The summed E-state index contributed by atoms with van der Waals surface area (Å²) in [6.07, 6.45) is 4.03. The SMILES string of the molecule is CC[C@H](C)N(Cc1ccc(OS(=O)(=O)C(C)C)cc1)C(=O)C1CCC1. The van der Waals surface area contributed by atoms with Gasteiger partial charge in [0.25, 0.3) is 0 Å². The molecule has 0 unspecified atom stereocenters. The van der Waals surface area contributed by atoms with E-state index in [0.29, 0.717) is 12.3 Å². The molecular weight excluding hydrogens is 338 g/mol. The lowest BCUT2D eigenvalue weighted by molar-refractivity contribution is -0.141. The van der Waals surface area contributed by atoms with Crippen LogP contribution >= 0.6 is 0 Å². The summed E-state index contributed by atoms with van der Waals surface area (Å²) in [7, 11) is -3.59. The van der Waals surface area contributed by atoms with Gasteiger partial charge in [-0.2, -0.15) is 8.42 Å². The first-order valence-corrected chi connectivity index (χ1v) is 10.5. The maximum atomic E-state index is 12.7. The molecule has 1 atom stereocenters. The zero-order chi connectivity index (χ0) is 18.6. The van der Waals surface area contributed by atoms with E-state index >= 15 is 0 Å². The molecular formula is C19H29NO4S. The maximum absolute atomic E-state index is 12.7. The van der Waals surface area contributed by atoms with Crippen LogP contribution in [0.2, 0.25) is 0 Å². The summed E-state index contributed by atoms with van der Waals surface area (Å²) in [4.78, 5) is 14.6. The van der Waals surface area contributed by atoms with E-state index in [1.165, 1.54) is 0 Å². The third-order valence-electron chi connectivity index (χ3n) is 4.93. The largest absolute Gasteiger partial charge is 0.382 e. The highest BCUT2D eigenvalue weighted by molar-refractivity contribution is 7.87. The highest BCUT2D eigenvalue weighted by Gasteiger charge is 2.31. The molecule has 0 heterocycles. The fraction of sp³-hybridized carbons (Fsp3) is 0.632. The fourth-order valence-corrected chi connectivity index (χ4v) is 3.21. The second-order valence-corrected chi connectivity index (χ2v) is 9.22. The van der Waals surface area contributed by atoms with Crippen molar-refractivity contribution in [2.24, 2.45) is 5.92 Å². The Morgan fingerprint density at radius 3 is 2.24 bits per heavy atom. The van der Waals surface area contributed by atoms with Crippen LogP contribution in [0.25, 0.3) is 0 Å². The van der Waals surface area contributed by atoms with E-state index < -0.39 is 15.4 Å². The van der Waals surface area contributed by atoms with Gasteiger partial charge < -0.3 is 9.08 Å². The average molecular weight is 368 g/mol. The Morgan fingerprint density at radius 1 is 1.20 bits per heavy atom. The van der Waals surface area contributed by atoms with Gasteiger partial charge in [0.15, 0.2) is 0 Å². The van der Waals surface area contributed by atoms with Gasteiger partial charge >= 0.3 is 10.1 Å². The molecule has 1 amide bonds. The number of carbonyl (C=O) groups excluding carboxylic acids is 1. The van der Waals surface area contributed by atoms with Crippen molar-refractivity contribution in [3.8, 4) is 5.75 Å². The summed E-state index contributed by atoms with van der Waals surface area (Å²) in [6.45, 7) is 7.86. The van der Waals surface area contributed by atoms with Gasteiger partial charge in [0.1, 0.15) is 5.75 Å². The van der Waals surface area contributed by atoms with Crippen molar-refractivity contribution in [1.29, 1.82) is 0 Å². The Morgan fingerprint density at radius 2 is 1.80 bits per heavy atom. The second kappa shape index (κ2) is 8.21. The predicted octanol–water partition coefficient (Wildman–Crippen LogP) is 3.73. The van der Waals surface area contributed by atoms with Crippen molar-refractivity contribution in [2.75, 3.05) is 0 Å². The van der Waals surface area contributed by atoms with Crippen molar-refractivity contribution in [3.05, 3.63) is 29.8 Å². The van der Waals surface area contributed by atoms with Crippen molar-refractivity contribution >= 4 is 16.0 Å². The zero-order valence-electron chi connectivity index (χ0n) is 15.6. The van der Waals surface area contributed by atoms with Crippen LogP contribution in [-0.4, -0.2) is 30.5 Å². The van der Waals surface area contributed by atoms with Crippen LogP contribution in [0, 0.1) is 5.92 Å². The van der Waals surface area contributed by atoms with Gasteiger partial charge in [-0.25, -0.2) is 0 Å². The lowest BCUT2D eigenvalue weighted by Crippen LogP contribution is -2.43. The Labute approximate surface area is 151 Å². The van der Waals surface area contributed by atoms with Crippen molar-refractivity contribution in [1.82, 2.24) is 4.90 Å². The third-order valence-corrected chi connectivity index (χ3v) is 6.51. The summed E-state index contributed by atoms with van der Waals surface area (Å²) >= 11 is 0. The van der Waals surface area contributed by atoms with Crippen LogP contribution in [0.15, 0.2) is 24.3 Å². The van der Waals surface area contributed by atoms with E-state index in [1.54, 1.807) is 26.0 Å². The van der Waals surface area contributed by atoms with Crippen LogP contribution < -0.4 is 4.18 Å². The Bertz CT molecular complexity index is 678. The van der Waals surface area contributed by atoms with Gasteiger partial charge in [0.05, 0.1) is 5.25 Å². The number of hydrogen-bond acceptors (Lipinski definition) is 4. The molecule has 25 heavy (non-hydrogen) atoms. The molecule has 1 aliphatic carbocycles. The van der Waals surface area contributed by atoms with Gasteiger partial charge in [-0.1, -0.05) is 25.5 Å². The zero-order valence-corrected chi connectivity index (χ0v) is 16.4. The molecule has 0 bridgehead atoms. The lowest BCUT2D eigenvalue weighted by Gasteiger charge is -2.35. The van der Waals surface area contributed by atoms with Crippen LogP contribution in [0.4, 0.5) is 0 Å². The molecule has 0 saturated heterocycles. The number of carbonyl (C=O) groups is 1. The highest BCUT2D eigenvalue weighted by Crippen LogP contribution is 2.30. The highest BCUT2D eigenvalue weighted by atomic mass is 32.2. The minimum Gasteiger partial charge on any atom is -0.382 e. The predicted molar refractivity (Wildman–Crippen MR) is 98.8 cm³/mol. The van der Waals surface area contributed by atoms with Crippen molar-refractivity contribution in [2.45, 2.75) is 71.2 Å². The number of amides is 1. The number of benzene rings is 1. The third kappa shape index (κ3) is 4.97. The van der Waals surface area contributed by atoms with Crippen LogP contribution in [0.3, 0.4) is 0 Å². The summed E-state index contributed by atoms with van der Waals surface area (Å²) in [6, 6.07) is 7.14. The molecule has 0 spiro atoms. The van der Waals surface area contributed by atoms with Gasteiger partial charge in [0.2, 0.25) is 5.91 Å². The number of hydrogen-bond donors (Lipinski definition) is 0. The molecule has 0 radical (unpaired) electrons. The molecule has 0 N–H and O–H groups in total. The molecule has 1 saturated carbocycles. The summed E-state index contributed by atoms with van der Waals surface area (Å²) < 4.78 is 28.7. The Kier molecular flexibility index (Phi) is 6.49. The van der Waals surface area contributed by atoms with Crippen molar-refractivity contribution < 1.29 is 17.4 Å². The number of nitrogens with zero attached hydrogens (tertiary/aromatic N) is 1. The topological polar surface area (TPSA) is 63.7 Å². The lowest BCUT2D eigenvalue weighted by atomic mass is 9.84. The first-order chi connectivity index (χ1) is 11.7. The Balaban J connectivity index is 2.08. The molecule has 1 aromatic carbocycles. The minimum absolute atomic E-state index is 0.174. The molecule has 5 nitrogen and oxygen atoms in total. The summed E-state index contributed by atoms with van der Waals surface area (Å²) in [5.74, 6) is 0.717. The van der Waals surface area contributed by atoms with Crippen LogP contribution in [0.5, 0.6) is 5.75 Å². The molecule has 6 heteroatoms. The van der Waals surface area contributed by atoms with E-state index in [2.05, 4.69) is 13.8 Å². The first-order valence-electron chi connectivity index (χ1n) is 9.07. The Hall–Kier alpha value is -1.56. The minimum atomic E-state index is -3.59. The van der Waals surface area contributed by atoms with Gasteiger partial charge in [0, 0.05) is 18.5 Å². The van der Waals surface area contributed by atoms with E-state index in [9.17, 15) is 13.2 Å². The van der Waals surface area contributed by atoms with Crippen LogP contribution in [0.1, 0.15) is 58.9 Å². The summed E-state index contributed by atoms with van der Waals surface area (Å²) in [5, 5.41) is -0.590. The molecule has 140 valence electrons. The van der Waals surface area contributed by atoms with E-state index in [-0.39, 0.29) is 17.9 Å². The van der Waals surface area contributed by atoms with E-state index in [0.717, 1.165) is 31.2 Å². The molecule has 1 aliphatic rings. The molecule has 0 aromatic heterocycles. The average Bonchev–Trinajstić information content (AvgIpc) is 2.51. The standard InChI is InChI=1S/C19H29NO4S/c1-5-15(4)20(19(21)17-7-6-8-17)13-16-9-11-18(12-10-16)24-25(22,23)14(2)3/h9-12,14-15,17H,5-8,13H2,1-4H3/t15-/m0/s1. The van der Waals surface area contributed by atoms with Gasteiger partial charge in [-0.15, -0.1) is 0 Å². The fourth-order valence-electron chi connectivity index (χ4n) is 2.64. The van der Waals surface area contributed by atoms with Gasteiger partial charge in [-0.3, -0.25) is 4.79 Å². The smallest absolute Gasteiger partial charge is 0.311 e. The van der Waals surface area contributed by atoms with Crippen molar-refractivity contribution in [3.63, 3.8) is 0 Å². The molecule has 2 rings (SSSR count). The quantitative estimate of drug-likeness (QED) is 0.657. The molecule has 1 aromatic rings. The maximum Gasteiger partial charge on any atom is 0.311 e. The molecule has 1 fully saturated rings. The number of rotatable bonds is 8. The second-order valence-electron chi connectivity index (χ2n) is 7.12. The monoisotopic (exact) mass is 367 g/mol. The van der Waals surface area contributed by atoms with Crippen LogP contribution in [-0.2, 0) is 21.5 Å². The van der Waals surface area contributed by atoms with Gasteiger partial charge in [-0.05, 0) is 57.7 Å².